The number of phenolic OH excluding ortho intramolecular Hbond substituents is 1. The molecule has 1 atom stereocenters. The number of aliphatic hydroxyl groups is 1. The lowest BCUT2D eigenvalue weighted by atomic mass is 10.1. The molecule has 0 radical (unpaired) electrons. The number of benzene rings is 1. The lowest BCUT2D eigenvalue weighted by Crippen LogP contribution is -2.30. The van der Waals surface area contributed by atoms with Gasteiger partial charge < -0.3 is 10.2 Å². The van der Waals surface area contributed by atoms with Crippen LogP contribution < -0.4 is 0 Å². The number of hydrogen-bond donors (Lipinski definition) is 2. The first-order chi connectivity index (χ1) is 6.41. The van der Waals surface area contributed by atoms with Crippen LogP contribution >= 0.6 is 0 Å². The van der Waals surface area contributed by atoms with Crippen LogP contribution in [0.15, 0.2) is 24.3 Å². The van der Waals surface area contributed by atoms with Crippen LogP contribution in [0.5, 0.6) is 5.75 Å². The Balaban J connectivity index is 2.75. The lowest BCUT2D eigenvalue weighted by Gasteiger charge is -2.14. The molecule has 2 N–H and O–H groups in total. The van der Waals surface area contributed by atoms with Crippen molar-refractivity contribution in [3.05, 3.63) is 29.8 Å². The first-order valence-corrected chi connectivity index (χ1v) is 3.93. The zero-order valence-corrected chi connectivity index (χ0v) is 7.12. The van der Waals surface area contributed by atoms with Gasteiger partial charge in [0, 0.05) is 6.42 Å². The zero-order valence-electron chi connectivity index (χ0n) is 7.12. The van der Waals surface area contributed by atoms with Crippen LogP contribution in [-0.2, 0) is 6.42 Å². The fraction of sp³-hybridized carbons (Fsp3) is 0.333. The number of rotatable bonds is 2. The summed E-state index contributed by atoms with van der Waals surface area (Å²) in [5.74, 6) is -0.240. The predicted molar refractivity (Wildman–Crippen MR) is 43.9 cm³/mol. The molecular weight excluding hydrogens is 197 g/mol. The van der Waals surface area contributed by atoms with Gasteiger partial charge in [-0.05, 0) is 11.6 Å². The number of aliphatic hydroxyl groups excluding tert-OH is 1. The molecule has 0 saturated carbocycles. The third-order valence-corrected chi connectivity index (χ3v) is 1.78. The Morgan fingerprint density at radius 1 is 1.21 bits per heavy atom. The van der Waals surface area contributed by atoms with Gasteiger partial charge in [-0.1, -0.05) is 18.2 Å². The molecule has 1 unspecified atom stereocenters. The predicted octanol–water partition coefficient (Wildman–Crippen LogP) is 1.86. The molecule has 0 aliphatic heterocycles. The molecule has 0 spiro atoms. The maximum Gasteiger partial charge on any atom is 0.414 e. The summed E-state index contributed by atoms with van der Waals surface area (Å²) in [6, 6.07) is 5.61. The summed E-state index contributed by atoms with van der Waals surface area (Å²) in [7, 11) is 0. The largest absolute Gasteiger partial charge is 0.508 e. The van der Waals surface area contributed by atoms with Crippen molar-refractivity contribution in [2.75, 3.05) is 0 Å². The maximum absolute atomic E-state index is 11.9. The van der Waals surface area contributed by atoms with Crippen LogP contribution in [0.1, 0.15) is 5.56 Å². The van der Waals surface area contributed by atoms with Crippen molar-refractivity contribution in [2.45, 2.75) is 18.7 Å². The van der Waals surface area contributed by atoms with Gasteiger partial charge in [0.25, 0.3) is 0 Å². The Labute approximate surface area is 78.6 Å². The first kappa shape index (κ1) is 10.8. The van der Waals surface area contributed by atoms with Crippen molar-refractivity contribution in [3.63, 3.8) is 0 Å². The molecule has 78 valence electrons. The fourth-order valence-electron chi connectivity index (χ4n) is 1.01. The standard InChI is InChI=1S/C9H9F3O2/c10-9(11,12)8(14)5-6-3-1-2-4-7(6)13/h1-4,8,13-14H,5H2. The van der Waals surface area contributed by atoms with Crippen molar-refractivity contribution < 1.29 is 23.4 Å². The van der Waals surface area contributed by atoms with Crippen molar-refractivity contribution in [1.82, 2.24) is 0 Å². The van der Waals surface area contributed by atoms with Crippen molar-refractivity contribution in [1.29, 1.82) is 0 Å². The van der Waals surface area contributed by atoms with Crippen LogP contribution in [0, 0.1) is 0 Å². The minimum atomic E-state index is -4.65. The summed E-state index contributed by atoms with van der Waals surface area (Å²) < 4.78 is 35.8. The molecule has 1 aromatic carbocycles. The highest BCUT2D eigenvalue weighted by molar-refractivity contribution is 5.32. The lowest BCUT2D eigenvalue weighted by molar-refractivity contribution is -0.203. The van der Waals surface area contributed by atoms with E-state index in [0.29, 0.717) is 0 Å². The minimum Gasteiger partial charge on any atom is -0.508 e. The van der Waals surface area contributed by atoms with Gasteiger partial charge in [-0.3, -0.25) is 0 Å². The van der Waals surface area contributed by atoms with Crippen LogP contribution in [-0.4, -0.2) is 22.5 Å². The molecule has 2 nitrogen and oxygen atoms in total. The van der Waals surface area contributed by atoms with Gasteiger partial charge in [0.15, 0.2) is 6.10 Å². The number of aromatic hydroxyl groups is 1. The van der Waals surface area contributed by atoms with E-state index in [1.807, 2.05) is 0 Å². The van der Waals surface area contributed by atoms with E-state index in [1.165, 1.54) is 24.3 Å². The summed E-state index contributed by atoms with van der Waals surface area (Å²) in [6.07, 6.45) is -7.71. The second-order valence-electron chi connectivity index (χ2n) is 2.89. The average Bonchev–Trinajstić information content (AvgIpc) is 2.07. The van der Waals surface area contributed by atoms with Gasteiger partial charge in [-0.25, -0.2) is 0 Å². The molecule has 0 fully saturated rings. The molecule has 0 saturated heterocycles. The molecule has 0 aliphatic rings. The topological polar surface area (TPSA) is 40.5 Å². The molecule has 14 heavy (non-hydrogen) atoms. The van der Waals surface area contributed by atoms with Crippen LogP contribution in [0.2, 0.25) is 0 Å². The third kappa shape index (κ3) is 2.63. The van der Waals surface area contributed by atoms with E-state index in [0.717, 1.165) is 0 Å². The molecule has 5 heteroatoms. The highest BCUT2D eigenvalue weighted by atomic mass is 19.4. The highest BCUT2D eigenvalue weighted by Gasteiger charge is 2.38. The summed E-state index contributed by atoms with van der Waals surface area (Å²) in [6.45, 7) is 0. The Morgan fingerprint density at radius 2 is 1.79 bits per heavy atom. The highest BCUT2D eigenvalue weighted by Crippen LogP contribution is 2.25. The second-order valence-corrected chi connectivity index (χ2v) is 2.89. The fourth-order valence-corrected chi connectivity index (χ4v) is 1.01. The van der Waals surface area contributed by atoms with Crippen molar-refractivity contribution in [3.8, 4) is 5.75 Å². The van der Waals surface area contributed by atoms with E-state index in [4.69, 9.17) is 10.2 Å². The molecule has 0 bridgehead atoms. The van der Waals surface area contributed by atoms with Gasteiger partial charge in [0.2, 0.25) is 0 Å². The van der Waals surface area contributed by atoms with Gasteiger partial charge in [-0.15, -0.1) is 0 Å². The third-order valence-electron chi connectivity index (χ3n) is 1.78. The monoisotopic (exact) mass is 206 g/mol. The number of phenols is 1. The number of alkyl halides is 3. The number of hydrogen-bond acceptors (Lipinski definition) is 2. The Hall–Kier alpha value is -1.23. The molecular formula is C9H9F3O2. The van der Waals surface area contributed by atoms with Crippen LogP contribution in [0.4, 0.5) is 13.2 Å². The Kier molecular flexibility index (Phi) is 3.00. The van der Waals surface area contributed by atoms with Crippen LogP contribution in [0.25, 0.3) is 0 Å². The van der Waals surface area contributed by atoms with E-state index in [2.05, 4.69) is 0 Å². The summed E-state index contributed by atoms with van der Waals surface area (Å²) in [4.78, 5) is 0. The smallest absolute Gasteiger partial charge is 0.414 e. The molecule has 0 aromatic heterocycles. The van der Waals surface area contributed by atoms with E-state index in [-0.39, 0.29) is 11.3 Å². The minimum absolute atomic E-state index is 0.0809. The second kappa shape index (κ2) is 3.88. The quantitative estimate of drug-likeness (QED) is 0.775. The van der Waals surface area contributed by atoms with Gasteiger partial charge >= 0.3 is 6.18 Å². The summed E-state index contributed by atoms with van der Waals surface area (Å²) in [5.41, 5.74) is 0.0809. The average molecular weight is 206 g/mol. The van der Waals surface area contributed by atoms with Crippen molar-refractivity contribution in [2.24, 2.45) is 0 Å². The van der Waals surface area contributed by atoms with Gasteiger partial charge in [0.1, 0.15) is 5.75 Å². The Bertz CT molecular complexity index is 309. The Morgan fingerprint density at radius 3 is 2.29 bits per heavy atom. The molecule has 1 aromatic rings. The first-order valence-electron chi connectivity index (χ1n) is 3.93. The van der Waals surface area contributed by atoms with E-state index in [1.54, 1.807) is 0 Å². The van der Waals surface area contributed by atoms with E-state index >= 15 is 0 Å². The number of halogens is 3. The maximum atomic E-state index is 11.9. The van der Waals surface area contributed by atoms with E-state index < -0.39 is 18.7 Å². The van der Waals surface area contributed by atoms with Crippen molar-refractivity contribution >= 4 is 0 Å². The molecule has 1 rings (SSSR count). The van der Waals surface area contributed by atoms with E-state index in [9.17, 15) is 13.2 Å². The molecule has 0 heterocycles. The SMILES string of the molecule is Oc1ccccc1CC(O)C(F)(F)F. The summed E-state index contributed by atoms with van der Waals surface area (Å²) >= 11 is 0. The molecule has 0 amide bonds. The van der Waals surface area contributed by atoms with Crippen LogP contribution in [0.3, 0.4) is 0 Å². The zero-order chi connectivity index (χ0) is 10.8. The van der Waals surface area contributed by atoms with Gasteiger partial charge in [-0.2, -0.15) is 13.2 Å². The number of para-hydroxylation sites is 1. The van der Waals surface area contributed by atoms with Gasteiger partial charge in [0.05, 0.1) is 0 Å². The molecule has 0 aliphatic carbocycles. The summed E-state index contributed by atoms with van der Waals surface area (Å²) in [5, 5.41) is 17.9. The normalized spacial score (nSPS) is 14.0.